The number of benzene rings is 5. The maximum Gasteiger partial charge on any atom is 0.225 e. The van der Waals surface area contributed by atoms with E-state index in [2.05, 4.69) is 122 Å². The lowest BCUT2D eigenvalue weighted by molar-refractivity contribution is -0.348. The van der Waals surface area contributed by atoms with Crippen LogP contribution in [0.15, 0.2) is 146 Å². The Morgan fingerprint density at radius 2 is 1.30 bits per heavy atom. The summed E-state index contributed by atoms with van der Waals surface area (Å²) in [6, 6.07) is 46.5. The zero-order valence-corrected chi connectivity index (χ0v) is 35.4. The maximum atomic E-state index is 7.46. The Kier molecular flexibility index (Phi) is 14.5. The van der Waals surface area contributed by atoms with Gasteiger partial charge in [0, 0.05) is 16.1 Å². The van der Waals surface area contributed by atoms with Gasteiger partial charge < -0.3 is 28.4 Å². The van der Waals surface area contributed by atoms with Crippen molar-refractivity contribution in [3.63, 3.8) is 0 Å². The molecule has 6 nitrogen and oxygen atoms in total. The standard InChI is InChI=1S/C50H55IO6/c1-4-29-52-30-15-14-16-39-24-26-40(27-25-39)31-44-32-45(28-23-37(44)2)50-48(55-35-43-21-12-7-13-22-43)46(53-33-41-17-8-5-9-18-41)47(49(57-50,36-56-50)38(3)51)54-34-42-19-10-6-11-20-42/h4-13,17-28,32,38,46-48H,1,14-16,29-31,33-36H2,2-3H3/t38?,46-,47-,48+,49+,50-/m0/s1. The highest BCUT2D eigenvalue weighted by Gasteiger charge is 2.70. The summed E-state index contributed by atoms with van der Waals surface area (Å²) < 4.78 is 41.2. The van der Waals surface area contributed by atoms with E-state index in [0.717, 1.165) is 54.5 Å². The van der Waals surface area contributed by atoms with Gasteiger partial charge in [-0.05, 0) is 77.6 Å². The van der Waals surface area contributed by atoms with Gasteiger partial charge in [0.2, 0.25) is 5.79 Å². The molecule has 0 saturated carbocycles. The van der Waals surface area contributed by atoms with Gasteiger partial charge in [-0.3, -0.25) is 0 Å². The van der Waals surface area contributed by atoms with E-state index in [1.54, 1.807) is 6.08 Å². The fourth-order valence-electron chi connectivity index (χ4n) is 7.95. The predicted molar refractivity (Wildman–Crippen MR) is 234 cm³/mol. The molecule has 5 aromatic rings. The highest BCUT2D eigenvalue weighted by atomic mass is 127. The second-order valence-corrected chi connectivity index (χ2v) is 17.1. The second kappa shape index (κ2) is 19.9. The highest BCUT2D eigenvalue weighted by molar-refractivity contribution is 14.1. The molecule has 7 heteroatoms. The molecule has 0 radical (unpaired) electrons. The van der Waals surface area contributed by atoms with Crippen LogP contribution in [0.1, 0.15) is 64.3 Å². The minimum absolute atomic E-state index is 0.0127. The van der Waals surface area contributed by atoms with E-state index in [0.29, 0.717) is 33.0 Å². The third kappa shape index (κ3) is 9.97. The minimum Gasteiger partial charge on any atom is -0.377 e. The molecule has 5 aromatic carbocycles. The molecule has 2 aliphatic rings. The molecular formula is C50H55IO6. The molecule has 0 amide bonds. The molecule has 6 atom stereocenters. The molecule has 2 bridgehead atoms. The van der Waals surface area contributed by atoms with Gasteiger partial charge in [0.1, 0.15) is 23.9 Å². The van der Waals surface area contributed by atoms with Crippen molar-refractivity contribution in [3.05, 3.63) is 191 Å². The summed E-state index contributed by atoms with van der Waals surface area (Å²) in [5, 5.41) is 0. The third-order valence-corrected chi connectivity index (χ3v) is 12.3. The smallest absolute Gasteiger partial charge is 0.225 e. The first-order valence-corrected chi connectivity index (χ1v) is 21.5. The number of hydrogen-bond acceptors (Lipinski definition) is 6. The summed E-state index contributed by atoms with van der Waals surface area (Å²) in [6.07, 6.45) is 4.07. The zero-order chi connectivity index (χ0) is 39.5. The number of rotatable bonds is 20. The minimum atomic E-state index is -1.25. The molecule has 0 aliphatic carbocycles. The number of fused-ring (bicyclic) bond motifs is 2. The second-order valence-electron chi connectivity index (χ2n) is 15.3. The molecule has 2 saturated heterocycles. The molecule has 7 rings (SSSR count). The van der Waals surface area contributed by atoms with Gasteiger partial charge in [0.25, 0.3) is 0 Å². The molecule has 0 spiro atoms. The number of hydrogen-bond donors (Lipinski definition) is 0. The van der Waals surface area contributed by atoms with Gasteiger partial charge in [0.05, 0.1) is 33.0 Å². The predicted octanol–water partition coefficient (Wildman–Crippen LogP) is 10.6. The van der Waals surface area contributed by atoms with E-state index in [1.165, 1.54) is 22.3 Å². The average molecular weight is 879 g/mol. The number of unbranched alkanes of at least 4 members (excludes halogenated alkanes) is 1. The lowest BCUT2D eigenvalue weighted by Gasteiger charge is -2.52. The van der Waals surface area contributed by atoms with Crippen molar-refractivity contribution in [2.45, 2.75) is 93.0 Å². The van der Waals surface area contributed by atoms with Crippen LogP contribution in [0.4, 0.5) is 0 Å². The lowest BCUT2D eigenvalue weighted by Crippen LogP contribution is -2.68. The van der Waals surface area contributed by atoms with Crippen LogP contribution < -0.4 is 0 Å². The van der Waals surface area contributed by atoms with E-state index in [1.807, 2.05) is 54.6 Å². The number of aryl methyl sites for hydroxylation is 2. The lowest BCUT2D eigenvalue weighted by atomic mass is 9.81. The van der Waals surface area contributed by atoms with E-state index >= 15 is 0 Å². The molecule has 0 N–H and O–H groups in total. The van der Waals surface area contributed by atoms with Gasteiger partial charge >= 0.3 is 0 Å². The number of ether oxygens (including phenoxy) is 6. The normalized spacial score (nSPS) is 23.3. The first kappa shape index (κ1) is 41.5. The van der Waals surface area contributed by atoms with E-state index in [4.69, 9.17) is 28.4 Å². The molecule has 298 valence electrons. The molecule has 1 unspecified atom stereocenters. The Bertz CT molecular complexity index is 1990. The molecular weight excluding hydrogens is 823 g/mol. The number of alkyl halides is 1. The van der Waals surface area contributed by atoms with Crippen molar-refractivity contribution in [1.29, 1.82) is 0 Å². The van der Waals surface area contributed by atoms with Crippen LogP contribution in [0.5, 0.6) is 0 Å². The molecule has 0 aromatic heterocycles. The fraction of sp³-hybridized carbons (Fsp3) is 0.360. The van der Waals surface area contributed by atoms with E-state index < -0.39 is 29.7 Å². The largest absolute Gasteiger partial charge is 0.377 e. The average Bonchev–Trinajstić information content (AvgIpc) is 3.61. The summed E-state index contributed by atoms with van der Waals surface area (Å²) in [5.74, 6) is -1.25. The summed E-state index contributed by atoms with van der Waals surface area (Å²) in [6.45, 7) is 10.9. The van der Waals surface area contributed by atoms with Crippen LogP contribution in [0, 0.1) is 6.92 Å². The van der Waals surface area contributed by atoms with Crippen molar-refractivity contribution < 1.29 is 28.4 Å². The Morgan fingerprint density at radius 1 is 0.719 bits per heavy atom. The first-order chi connectivity index (χ1) is 27.9. The molecule has 2 aliphatic heterocycles. The summed E-state index contributed by atoms with van der Waals surface area (Å²) in [4.78, 5) is 0. The van der Waals surface area contributed by atoms with E-state index in [9.17, 15) is 0 Å². The Labute approximate surface area is 352 Å². The fourth-order valence-corrected chi connectivity index (χ4v) is 8.61. The Balaban J connectivity index is 1.22. The van der Waals surface area contributed by atoms with Crippen molar-refractivity contribution in [1.82, 2.24) is 0 Å². The van der Waals surface area contributed by atoms with Gasteiger partial charge in [-0.25, -0.2) is 0 Å². The van der Waals surface area contributed by atoms with Gasteiger partial charge in [-0.15, -0.1) is 6.58 Å². The van der Waals surface area contributed by atoms with Crippen LogP contribution in [0.25, 0.3) is 0 Å². The number of halogens is 1. The van der Waals surface area contributed by atoms with Crippen molar-refractivity contribution in [3.8, 4) is 0 Å². The van der Waals surface area contributed by atoms with Crippen LogP contribution >= 0.6 is 22.6 Å². The monoisotopic (exact) mass is 878 g/mol. The van der Waals surface area contributed by atoms with Crippen molar-refractivity contribution in [2.24, 2.45) is 0 Å². The Hall–Kier alpha value is -3.67. The van der Waals surface area contributed by atoms with Gasteiger partial charge in [0.15, 0.2) is 0 Å². The SMILES string of the molecule is C=CCOCCCCc1ccc(Cc2cc([C@]34OC[C@](C(C)I)(O3)[C@@H](OCc3ccccc3)[C@H](OCc3ccccc3)[C@H]4OCc3ccccc3)ccc2C)cc1. The summed E-state index contributed by atoms with van der Waals surface area (Å²) in [7, 11) is 0. The topological polar surface area (TPSA) is 55.4 Å². The molecule has 2 heterocycles. The van der Waals surface area contributed by atoms with Gasteiger partial charge in [-0.2, -0.15) is 0 Å². The highest BCUT2D eigenvalue weighted by Crippen LogP contribution is 2.55. The van der Waals surface area contributed by atoms with Crippen LogP contribution in [0.2, 0.25) is 0 Å². The Morgan fingerprint density at radius 3 is 1.89 bits per heavy atom. The van der Waals surface area contributed by atoms with Crippen LogP contribution in [-0.4, -0.2) is 47.7 Å². The van der Waals surface area contributed by atoms with E-state index in [-0.39, 0.29) is 3.92 Å². The third-order valence-electron chi connectivity index (χ3n) is 11.2. The zero-order valence-electron chi connectivity index (χ0n) is 33.2. The summed E-state index contributed by atoms with van der Waals surface area (Å²) >= 11 is 2.48. The molecule has 57 heavy (non-hydrogen) atoms. The van der Waals surface area contributed by atoms with Gasteiger partial charge in [-0.1, -0.05) is 163 Å². The first-order valence-electron chi connectivity index (χ1n) is 20.2. The molecule has 2 fully saturated rings. The summed E-state index contributed by atoms with van der Waals surface area (Å²) in [5.41, 5.74) is 8.35. The quantitative estimate of drug-likeness (QED) is 0.0336. The van der Waals surface area contributed by atoms with Crippen molar-refractivity contribution in [2.75, 3.05) is 19.8 Å². The van der Waals surface area contributed by atoms with Crippen molar-refractivity contribution >= 4 is 22.6 Å². The maximum absolute atomic E-state index is 7.46. The van der Waals surface area contributed by atoms with Crippen LogP contribution in [0.3, 0.4) is 0 Å². The van der Waals surface area contributed by atoms with Crippen LogP contribution in [-0.2, 0) is 66.9 Å².